The summed E-state index contributed by atoms with van der Waals surface area (Å²) in [7, 11) is -1.76. The lowest BCUT2D eigenvalue weighted by molar-refractivity contribution is 0.333. The SMILES string of the molecule is CN(C/C=C/C#CC(C)(C)C)Cc1cccc2ccccc12.C[C@@H]1O[C@@H]1P(=O)(O)O. The lowest BCUT2D eigenvalue weighted by Crippen LogP contribution is -2.17. The summed E-state index contributed by atoms with van der Waals surface area (Å²) < 4.78 is 14.7. The standard InChI is InChI=1S/C21H25N.C3H7O4P/c1-21(2,3)15-8-5-9-16-22(4)17-19-13-10-12-18-11-6-7-14-20(18)19;1-2-3(7-2)8(4,5)6/h5-7,9-14H,16-17H2,1-4H3;2-3H,1H3,(H2,4,5,6)/b9-5+;/t;2-,3+/m.0/s1. The summed E-state index contributed by atoms with van der Waals surface area (Å²) in [6.45, 7) is 9.85. The summed E-state index contributed by atoms with van der Waals surface area (Å²) in [5.74, 6) is 5.51. The first-order chi connectivity index (χ1) is 14.0. The van der Waals surface area contributed by atoms with Crippen molar-refractivity contribution >= 4 is 18.4 Å². The molecule has 1 aliphatic heterocycles. The molecule has 5 nitrogen and oxygen atoms in total. The zero-order valence-electron chi connectivity index (χ0n) is 18.4. The number of epoxide rings is 1. The van der Waals surface area contributed by atoms with Gasteiger partial charge in [-0.25, -0.2) is 0 Å². The van der Waals surface area contributed by atoms with Crippen LogP contribution in [0.3, 0.4) is 0 Å². The van der Waals surface area contributed by atoms with Crippen LogP contribution in [0, 0.1) is 17.3 Å². The van der Waals surface area contributed by atoms with Crippen molar-refractivity contribution < 1.29 is 19.1 Å². The van der Waals surface area contributed by atoms with Gasteiger partial charge in [0.2, 0.25) is 0 Å². The third kappa shape index (κ3) is 8.44. The largest absolute Gasteiger partial charge is 0.356 e. The summed E-state index contributed by atoms with van der Waals surface area (Å²) in [5.41, 5.74) is 1.44. The normalized spacial score (nSPS) is 18.7. The van der Waals surface area contributed by atoms with Crippen molar-refractivity contribution in [2.45, 2.75) is 46.2 Å². The van der Waals surface area contributed by atoms with Crippen molar-refractivity contribution in [3.63, 3.8) is 0 Å². The second-order valence-corrected chi connectivity index (χ2v) is 10.3. The highest BCUT2D eigenvalue weighted by Crippen LogP contribution is 2.52. The van der Waals surface area contributed by atoms with Gasteiger partial charge in [-0.2, -0.15) is 0 Å². The molecule has 0 aliphatic carbocycles. The van der Waals surface area contributed by atoms with E-state index in [1.54, 1.807) is 6.92 Å². The number of ether oxygens (including phenoxy) is 1. The maximum absolute atomic E-state index is 10.2. The van der Waals surface area contributed by atoms with Crippen molar-refractivity contribution in [3.8, 4) is 11.8 Å². The van der Waals surface area contributed by atoms with E-state index in [1.165, 1.54) is 16.3 Å². The van der Waals surface area contributed by atoms with E-state index in [0.29, 0.717) is 0 Å². The number of rotatable bonds is 5. The maximum atomic E-state index is 10.2. The van der Waals surface area contributed by atoms with E-state index in [2.05, 4.69) is 97.8 Å². The van der Waals surface area contributed by atoms with Crippen LogP contribution in [0.1, 0.15) is 33.3 Å². The molecule has 0 amide bonds. The Kier molecular flexibility index (Phi) is 8.43. The highest BCUT2D eigenvalue weighted by atomic mass is 31.2. The van der Waals surface area contributed by atoms with Gasteiger partial charge in [-0.1, -0.05) is 60.4 Å². The van der Waals surface area contributed by atoms with Gasteiger partial charge < -0.3 is 14.5 Å². The molecule has 2 aromatic carbocycles. The highest BCUT2D eigenvalue weighted by molar-refractivity contribution is 7.52. The average molecular weight is 429 g/mol. The van der Waals surface area contributed by atoms with E-state index in [0.717, 1.165) is 13.1 Å². The van der Waals surface area contributed by atoms with Gasteiger partial charge in [-0.3, -0.25) is 9.46 Å². The van der Waals surface area contributed by atoms with Crippen LogP contribution in [0.15, 0.2) is 54.6 Å². The Morgan fingerprint density at radius 3 is 2.37 bits per heavy atom. The zero-order valence-corrected chi connectivity index (χ0v) is 19.3. The molecule has 1 fully saturated rings. The Bertz CT molecular complexity index is 973. The first-order valence-corrected chi connectivity index (χ1v) is 11.7. The van der Waals surface area contributed by atoms with Crippen LogP contribution in [0.25, 0.3) is 10.8 Å². The predicted molar refractivity (Wildman–Crippen MR) is 123 cm³/mol. The molecule has 30 heavy (non-hydrogen) atoms. The number of likely N-dealkylation sites (N-methyl/N-ethyl adjacent to an activating group) is 1. The van der Waals surface area contributed by atoms with Crippen LogP contribution in [-0.4, -0.2) is 40.2 Å². The van der Waals surface area contributed by atoms with Crippen LogP contribution in [0.5, 0.6) is 0 Å². The Labute approximate surface area is 179 Å². The number of benzene rings is 2. The molecule has 0 unspecified atom stereocenters. The van der Waals surface area contributed by atoms with Gasteiger partial charge in [0.25, 0.3) is 0 Å². The maximum Gasteiger partial charge on any atom is 0.356 e. The van der Waals surface area contributed by atoms with Gasteiger partial charge >= 0.3 is 7.60 Å². The van der Waals surface area contributed by atoms with E-state index in [1.807, 2.05) is 6.08 Å². The predicted octanol–water partition coefficient (Wildman–Crippen LogP) is 4.79. The summed E-state index contributed by atoms with van der Waals surface area (Å²) in [6.07, 6.45) is 3.84. The van der Waals surface area contributed by atoms with Gasteiger partial charge in [0.15, 0.2) is 5.85 Å². The minimum Gasteiger partial charge on any atom is -0.356 e. The monoisotopic (exact) mass is 429 g/mol. The molecule has 0 aromatic heterocycles. The second kappa shape index (κ2) is 10.4. The van der Waals surface area contributed by atoms with Gasteiger partial charge in [-0.05, 0) is 57.2 Å². The third-order valence-electron chi connectivity index (χ3n) is 4.40. The fourth-order valence-corrected chi connectivity index (χ4v) is 3.76. The van der Waals surface area contributed by atoms with Crippen LogP contribution in [0.2, 0.25) is 0 Å². The molecule has 2 N–H and O–H groups in total. The molecule has 0 saturated carbocycles. The molecular formula is C24H32NO4P. The first kappa shape index (κ1) is 24.3. The summed E-state index contributed by atoms with van der Waals surface area (Å²) >= 11 is 0. The minimum absolute atomic E-state index is 0.0686. The number of nitrogens with zero attached hydrogens (tertiary/aromatic N) is 1. The Morgan fingerprint density at radius 2 is 1.80 bits per heavy atom. The minimum atomic E-state index is -3.90. The summed E-state index contributed by atoms with van der Waals surface area (Å²) in [4.78, 5) is 18.9. The van der Waals surface area contributed by atoms with Gasteiger partial charge in [0.1, 0.15) is 0 Å². The van der Waals surface area contributed by atoms with E-state index in [-0.39, 0.29) is 11.5 Å². The highest BCUT2D eigenvalue weighted by Gasteiger charge is 2.48. The molecule has 1 heterocycles. The fraction of sp³-hybridized carbons (Fsp3) is 0.417. The molecule has 2 aromatic rings. The molecular weight excluding hydrogens is 397 g/mol. The van der Waals surface area contributed by atoms with Gasteiger partial charge in [0, 0.05) is 18.5 Å². The van der Waals surface area contributed by atoms with Crippen molar-refractivity contribution in [3.05, 3.63) is 60.2 Å². The number of fused-ring (bicyclic) bond motifs is 1. The lowest BCUT2D eigenvalue weighted by atomic mass is 9.98. The third-order valence-corrected chi connectivity index (χ3v) is 5.60. The van der Waals surface area contributed by atoms with Gasteiger partial charge in [0.05, 0.1) is 6.10 Å². The fourth-order valence-electron chi connectivity index (χ4n) is 2.86. The van der Waals surface area contributed by atoms with Crippen molar-refractivity contribution in [1.82, 2.24) is 4.90 Å². The van der Waals surface area contributed by atoms with Crippen molar-refractivity contribution in [2.75, 3.05) is 13.6 Å². The van der Waals surface area contributed by atoms with Crippen LogP contribution < -0.4 is 0 Å². The Balaban J connectivity index is 0.000000335. The zero-order chi connectivity index (χ0) is 22.4. The number of hydrogen-bond acceptors (Lipinski definition) is 3. The molecule has 3 rings (SSSR count). The lowest BCUT2D eigenvalue weighted by Gasteiger charge is -2.15. The van der Waals surface area contributed by atoms with E-state index in [4.69, 9.17) is 9.79 Å². The van der Waals surface area contributed by atoms with Crippen LogP contribution >= 0.6 is 7.60 Å². The van der Waals surface area contributed by atoms with E-state index in [9.17, 15) is 4.57 Å². The molecule has 0 bridgehead atoms. The Morgan fingerprint density at radius 1 is 1.17 bits per heavy atom. The second-order valence-electron chi connectivity index (χ2n) is 8.58. The number of allylic oxidation sites excluding steroid dienone is 1. The number of hydrogen-bond donors (Lipinski definition) is 2. The van der Waals surface area contributed by atoms with Crippen molar-refractivity contribution in [1.29, 1.82) is 0 Å². The molecule has 1 aliphatic rings. The summed E-state index contributed by atoms with van der Waals surface area (Å²) in [5, 5.41) is 2.65. The molecule has 1 saturated heterocycles. The average Bonchev–Trinajstić information content (AvgIpc) is 3.39. The molecule has 0 radical (unpaired) electrons. The molecule has 0 spiro atoms. The molecule has 6 heteroatoms. The topological polar surface area (TPSA) is 73.3 Å². The smallest absolute Gasteiger partial charge is 0.356 e. The quantitative estimate of drug-likeness (QED) is 0.406. The Hall–Kier alpha value is -1.93. The van der Waals surface area contributed by atoms with Crippen molar-refractivity contribution in [2.24, 2.45) is 5.41 Å². The van der Waals surface area contributed by atoms with Gasteiger partial charge in [-0.15, -0.1) is 0 Å². The summed E-state index contributed by atoms with van der Waals surface area (Å²) in [6, 6.07) is 15.1. The van der Waals surface area contributed by atoms with E-state index < -0.39 is 13.4 Å². The van der Waals surface area contributed by atoms with Crippen LogP contribution in [-0.2, 0) is 15.8 Å². The first-order valence-electron chi connectivity index (χ1n) is 10.0. The van der Waals surface area contributed by atoms with E-state index >= 15 is 0 Å². The molecule has 2 atom stereocenters. The molecule has 162 valence electrons. The van der Waals surface area contributed by atoms with Crippen LogP contribution in [0.4, 0.5) is 0 Å².